The van der Waals surface area contributed by atoms with Crippen LogP contribution in [0.3, 0.4) is 0 Å². The van der Waals surface area contributed by atoms with Crippen LogP contribution in [-0.2, 0) is 5.41 Å². The molecule has 7 heteroatoms. The molecule has 3 aromatic rings. The van der Waals surface area contributed by atoms with Gasteiger partial charge in [0.15, 0.2) is 0 Å². The molecule has 1 aromatic carbocycles. The van der Waals surface area contributed by atoms with Crippen molar-refractivity contribution < 1.29 is 9.84 Å². The molecule has 0 saturated carbocycles. The monoisotopic (exact) mass is 360 g/mol. The lowest BCUT2D eigenvalue weighted by Gasteiger charge is -2.14. The molecule has 2 aromatic heterocycles. The molecule has 2 N–H and O–H groups in total. The van der Waals surface area contributed by atoms with Gasteiger partial charge < -0.3 is 15.2 Å². The zero-order chi connectivity index (χ0) is 18.0. The molecule has 1 unspecified atom stereocenters. The number of anilines is 1. The molecule has 0 radical (unpaired) electrons. The summed E-state index contributed by atoms with van der Waals surface area (Å²) in [6.07, 6.45) is 1.33. The number of nitrogens with zero attached hydrogens (tertiary/aromatic N) is 3. The van der Waals surface area contributed by atoms with Gasteiger partial charge in [0.2, 0.25) is 10.1 Å². The molecule has 0 aliphatic carbocycles. The van der Waals surface area contributed by atoms with E-state index in [1.54, 1.807) is 4.52 Å². The second kappa shape index (κ2) is 7.01. The highest BCUT2D eigenvalue weighted by Gasteiger charge is 2.19. The van der Waals surface area contributed by atoms with E-state index in [9.17, 15) is 5.11 Å². The lowest BCUT2D eigenvalue weighted by atomic mass is 9.93. The van der Waals surface area contributed by atoms with Crippen molar-refractivity contribution in [2.45, 2.75) is 39.2 Å². The van der Waals surface area contributed by atoms with Gasteiger partial charge in [-0.15, -0.1) is 5.10 Å². The first kappa shape index (κ1) is 17.7. The highest BCUT2D eigenvalue weighted by Crippen LogP contribution is 2.25. The van der Waals surface area contributed by atoms with E-state index >= 15 is 0 Å². The Bertz CT molecular complexity index is 819. The highest BCUT2D eigenvalue weighted by molar-refractivity contribution is 7.20. The van der Waals surface area contributed by atoms with Gasteiger partial charge >= 0.3 is 0 Å². The first-order valence-electron chi connectivity index (χ1n) is 8.29. The summed E-state index contributed by atoms with van der Waals surface area (Å²) in [7, 11) is 0. The van der Waals surface area contributed by atoms with Crippen LogP contribution in [0.4, 0.5) is 5.13 Å². The van der Waals surface area contributed by atoms with Crippen molar-refractivity contribution in [2.24, 2.45) is 0 Å². The minimum atomic E-state index is -0.623. The molecular weight excluding hydrogens is 336 g/mol. The van der Waals surface area contributed by atoms with Crippen LogP contribution in [0.2, 0.25) is 0 Å². The largest absolute Gasteiger partial charge is 0.491 e. The quantitative estimate of drug-likeness (QED) is 0.706. The van der Waals surface area contributed by atoms with Crippen molar-refractivity contribution in [3.63, 3.8) is 0 Å². The first-order valence-corrected chi connectivity index (χ1v) is 9.11. The maximum atomic E-state index is 10.1. The Morgan fingerprint density at radius 1 is 1.36 bits per heavy atom. The van der Waals surface area contributed by atoms with E-state index in [0.29, 0.717) is 6.54 Å². The smallest absolute Gasteiger partial charge is 0.214 e. The molecule has 0 aliphatic heterocycles. The van der Waals surface area contributed by atoms with Gasteiger partial charge in [-0.05, 0) is 24.6 Å². The molecule has 0 aliphatic rings. The van der Waals surface area contributed by atoms with E-state index in [-0.39, 0.29) is 12.0 Å². The fraction of sp³-hybridized carbons (Fsp3) is 0.444. The lowest BCUT2D eigenvalue weighted by molar-refractivity contribution is 0.117. The van der Waals surface area contributed by atoms with Crippen LogP contribution < -0.4 is 10.1 Å². The average Bonchev–Trinajstić information content (AvgIpc) is 3.09. The second-order valence-corrected chi connectivity index (χ2v) is 8.13. The predicted octanol–water partition coefficient (Wildman–Crippen LogP) is 3.25. The van der Waals surface area contributed by atoms with Crippen LogP contribution in [-0.4, -0.2) is 39.0 Å². The summed E-state index contributed by atoms with van der Waals surface area (Å²) in [6.45, 7) is 8.99. The molecule has 2 heterocycles. The van der Waals surface area contributed by atoms with E-state index in [4.69, 9.17) is 4.74 Å². The van der Waals surface area contributed by atoms with Crippen LogP contribution >= 0.6 is 11.3 Å². The van der Waals surface area contributed by atoms with Gasteiger partial charge in [0.1, 0.15) is 18.5 Å². The third-order valence-corrected chi connectivity index (χ3v) is 4.61. The highest BCUT2D eigenvalue weighted by atomic mass is 32.1. The Morgan fingerprint density at radius 2 is 2.16 bits per heavy atom. The summed E-state index contributed by atoms with van der Waals surface area (Å²) in [5.74, 6) is 0.765. The van der Waals surface area contributed by atoms with Gasteiger partial charge in [0.05, 0.1) is 11.9 Å². The average molecular weight is 360 g/mol. The SMILES string of the molecule is Cc1cccc(OCC(O)CNc2nn3cc(C(C)(C)C)nc3s2)c1. The summed E-state index contributed by atoms with van der Waals surface area (Å²) >= 11 is 1.47. The van der Waals surface area contributed by atoms with Gasteiger partial charge in [-0.25, -0.2) is 9.50 Å². The maximum absolute atomic E-state index is 10.1. The van der Waals surface area contributed by atoms with Crippen molar-refractivity contribution in [1.29, 1.82) is 0 Å². The van der Waals surface area contributed by atoms with Gasteiger partial charge in [-0.2, -0.15) is 0 Å². The lowest BCUT2D eigenvalue weighted by Crippen LogP contribution is -2.26. The predicted molar refractivity (Wildman–Crippen MR) is 101 cm³/mol. The Morgan fingerprint density at radius 3 is 2.84 bits per heavy atom. The van der Waals surface area contributed by atoms with Crippen molar-refractivity contribution in [3.05, 3.63) is 41.7 Å². The normalized spacial score (nSPS) is 13.2. The van der Waals surface area contributed by atoms with E-state index in [2.05, 4.69) is 36.2 Å². The minimum Gasteiger partial charge on any atom is -0.491 e. The molecule has 1 atom stereocenters. The summed E-state index contributed by atoms with van der Waals surface area (Å²) in [4.78, 5) is 5.45. The van der Waals surface area contributed by atoms with E-state index in [1.807, 2.05) is 37.4 Å². The number of imidazole rings is 1. The standard InChI is InChI=1S/C18H24N4O2S/c1-12-6-5-7-14(8-12)24-11-13(23)9-19-16-21-22-10-15(18(2,3)4)20-17(22)25-16/h5-8,10,13,23H,9,11H2,1-4H3,(H,19,21). The van der Waals surface area contributed by atoms with Crippen molar-refractivity contribution in [1.82, 2.24) is 14.6 Å². The number of benzene rings is 1. The summed E-state index contributed by atoms with van der Waals surface area (Å²) < 4.78 is 7.39. The molecule has 0 fully saturated rings. The first-order chi connectivity index (χ1) is 11.8. The number of nitrogens with one attached hydrogen (secondary N) is 1. The summed E-state index contributed by atoms with van der Waals surface area (Å²) in [6, 6.07) is 7.78. The van der Waals surface area contributed by atoms with Crippen LogP contribution in [0.1, 0.15) is 32.0 Å². The number of hydrogen-bond acceptors (Lipinski definition) is 6. The maximum Gasteiger partial charge on any atom is 0.214 e. The number of rotatable bonds is 6. The fourth-order valence-corrected chi connectivity index (χ4v) is 3.08. The van der Waals surface area contributed by atoms with E-state index in [1.165, 1.54) is 11.3 Å². The third kappa shape index (κ3) is 4.49. The van der Waals surface area contributed by atoms with Crippen LogP contribution in [0, 0.1) is 6.92 Å². The molecule has 0 spiro atoms. The van der Waals surface area contributed by atoms with Crippen LogP contribution in [0.15, 0.2) is 30.5 Å². The van der Waals surface area contributed by atoms with E-state index < -0.39 is 6.10 Å². The minimum absolute atomic E-state index is 0.00430. The number of aliphatic hydroxyl groups excluding tert-OH is 1. The summed E-state index contributed by atoms with van der Waals surface area (Å²) in [5, 5.41) is 18.4. The number of ether oxygens (including phenoxy) is 1. The summed E-state index contributed by atoms with van der Waals surface area (Å²) in [5.41, 5.74) is 2.15. The molecule has 134 valence electrons. The van der Waals surface area contributed by atoms with Crippen molar-refractivity contribution in [2.75, 3.05) is 18.5 Å². The molecule has 0 amide bonds. The Kier molecular flexibility index (Phi) is 4.96. The van der Waals surface area contributed by atoms with Crippen LogP contribution in [0.5, 0.6) is 5.75 Å². The van der Waals surface area contributed by atoms with Crippen molar-refractivity contribution >= 4 is 21.4 Å². The Balaban J connectivity index is 1.52. The number of aromatic nitrogens is 3. The molecule has 25 heavy (non-hydrogen) atoms. The molecule has 3 rings (SSSR count). The Labute approximate surface area is 151 Å². The van der Waals surface area contributed by atoms with Gasteiger partial charge in [-0.1, -0.05) is 44.2 Å². The van der Waals surface area contributed by atoms with E-state index in [0.717, 1.165) is 27.1 Å². The van der Waals surface area contributed by atoms with Gasteiger partial charge in [0, 0.05) is 12.0 Å². The van der Waals surface area contributed by atoms with Crippen LogP contribution in [0.25, 0.3) is 4.96 Å². The Hall–Kier alpha value is -2.12. The molecule has 6 nitrogen and oxygen atoms in total. The van der Waals surface area contributed by atoms with Crippen molar-refractivity contribution in [3.8, 4) is 5.75 Å². The topological polar surface area (TPSA) is 71.7 Å². The molecule has 0 bridgehead atoms. The third-order valence-electron chi connectivity index (χ3n) is 3.73. The van der Waals surface area contributed by atoms with Gasteiger partial charge in [-0.3, -0.25) is 0 Å². The zero-order valence-electron chi connectivity index (χ0n) is 15.0. The number of fused-ring (bicyclic) bond motifs is 1. The number of aryl methyl sites for hydroxylation is 1. The second-order valence-electron chi connectivity index (χ2n) is 7.17. The number of aliphatic hydroxyl groups is 1. The number of hydrogen-bond donors (Lipinski definition) is 2. The zero-order valence-corrected chi connectivity index (χ0v) is 15.8. The molecular formula is C18H24N4O2S. The van der Waals surface area contributed by atoms with Gasteiger partial charge in [0.25, 0.3) is 0 Å². The molecule has 0 saturated heterocycles. The fourth-order valence-electron chi connectivity index (χ4n) is 2.29.